The minimum absolute atomic E-state index is 0.00865. The molecular formula is C15H26N2O3. The molecule has 1 heterocycles. The van der Waals surface area contributed by atoms with Crippen molar-refractivity contribution in [2.45, 2.75) is 71.2 Å². The monoisotopic (exact) mass is 282 g/mol. The molecule has 2 amide bonds. The first-order valence-electron chi connectivity index (χ1n) is 7.73. The maximum atomic E-state index is 12.7. The smallest absolute Gasteiger partial charge is 0.246 e. The zero-order valence-electron chi connectivity index (χ0n) is 12.9. The van der Waals surface area contributed by atoms with E-state index in [1.165, 1.54) is 0 Å². The van der Waals surface area contributed by atoms with E-state index in [1.54, 1.807) is 0 Å². The minimum Gasteiger partial charge on any atom is -0.378 e. The van der Waals surface area contributed by atoms with Gasteiger partial charge in [0.25, 0.3) is 0 Å². The highest BCUT2D eigenvalue weighted by Gasteiger charge is 2.47. The summed E-state index contributed by atoms with van der Waals surface area (Å²) in [4.78, 5) is 26.7. The first-order chi connectivity index (χ1) is 9.49. The zero-order chi connectivity index (χ0) is 14.9. The van der Waals surface area contributed by atoms with Gasteiger partial charge in [0.05, 0.1) is 6.10 Å². The molecule has 2 rings (SSSR count). The molecule has 5 nitrogen and oxygen atoms in total. The summed E-state index contributed by atoms with van der Waals surface area (Å²) in [6.45, 7) is 8.58. The van der Waals surface area contributed by atoms with Crippen LogP contribution in [-0.2, 0) is 14.3 Å². The first-order valence-corrected chi connectivity index (χ1v) is 7.73. The van der Waals surface area contributed by atoms with Crippen LogP contribution in [0.1, 0.15) is 47.0 Å². The number of amides is 2. The molecule has 0 aromatic heterocycles. The van der Waals surface area contributed by atoms with Crippen LogP contribution >= 0.6 is 0 Å². The Bertz CT molecular complexity index is 377. The minimum atomic E-state index is -0.378. The molecule has 114 valence electrons. The van der Waals surface area contributed by atoms with Crippen LogP contribution < -0.4 is 5.32 Å². The van der Waals surface area contributed by atoms with Crippen molar-refractivity contribution in [3.8, 4) is 0 Å². The van der Waals surface area contributed by atoms with Gasteiger partial charge in [0.15, 0.2) is 0 Å². The third-order valence-corrected chi connectivity index (χ3v) is 4.38. The molecule has 0 aromatic carbocycles. The Morgan fingerprint density at radius 2 is 1.95 bits per heavy atom. The highest BCUT2D eigenvalue weighted by atomic mass is 16.5. The second-order valence-electron chi connectivity index (χ2n) is 6.10. The van der Waals surface area contributed by atoms with Gasteiger partial charge in [-0.25, -0.2) is 0 Å². The molecule has 2 fully saturated rings. The molecular weight excluding hydrogens is 256 g/mol. The van der Waals surface area contributed by atoms with E-state index < -0.39 is 0 Å². The van der Waals surface area contributed by atoms with Gasteiger partial charge < -0.3 is 15.0 Å². The van der Waals surface area contributed by atoms with E-state index in [0.29, 0.717) is 13.0 Å². The van der Waals surface area contributed by atoms with Gasteiger partial charge in [-0.2, -0.15) is 0 Å². The summed E-state index contributed by atoms with van der Waals surface area (Å²) in [5, 5.41) is 2.87. The van der Waals surface area contributed by atoms with Gasteiger partial charge in [0, 0.05) is 12.6 Å². The molecule has 1 saturated carbocycles. The predicted octanol–water partition coefficient (Wildman–Crippen LogP) is 1.32. The number of ether oxygens (including phenoxy) is 1. The molecule has 20 heavy (non-hydrogen) atoms. The summed E-state index contributed by atoms with van der Waals surface area (Å²) < 4.78 is 5.57. The molecule has 1 N–H and O–H groups in total. The summed E-state index contributed by atoms with van der Waals surface area (Å²) in [6.07, 6.45) is 2.62. The van der Waals surface area contributed by atoms with Crippen molar-refractivity contribution in [1.29, 1.82) is 0 Å². The fraction of sp³-hybridized carbons (Fsp3) is 0.867. The Kier molecular flexibility index (Phi) is 4.68. The lowest BCUT2D eigenvalue weighted by molar-refractivity contribution is -0.160. The number of hydrogen-bond donors (Lipinski definition) is 1. The van der Waals surface area contributed by atoms with Crippen molar-refractivity contribution >= 4 is 11.8 Å². The second-order valence-corrected chi connectivity index (χ2v) is 6.10. The Hall–Kier alpha value is -1.10. The Morgan fingerprint density at radius 1 is 1.30 bits per heavy atom. The number of piperazine rings is 1. The number of hydrogen-bond acceptors (Lipinski definition) is 3. The van der Waals surface area contributed by atoms with E-state index in [2.05, 4.69) is 5.32 Å². The number of carbonyl (C=O) groups excluding carboxylic acids is 2. The molecule has 2 aliphatic rings. The van der Waals surface area contributed by atoms with E-state index in [1.807, 2.05) is 32.6 Å². The van der Waals surface area contributed by atoms with Gasteiger partial charge >= 0.3 is 0 Å². The van der Waals surface area contributed by atoms with Gasteiger partial charge in [0.1, 0.15) is 12.1 Å². The SMILES string of the molecule is CCOC1CC(N2C(=O)C(C(C)C)NC(=O)C2CC)C1. The first kappa shape index (κ1) is 15.3. The van der Waals surface area contributed by atoms with Crippen molar-refractivity contribution in [3.05, 3.63) is 0 Å². The third kappa shape index (κ3) is 2.68. The summed E-state index contributed by atoms with van der Waals surface area (Å²) in [5.41, 5.74) is 0. The molecule has 2 atom stereocenters. The largest absolute Gasteiger partial charge is 0.378 e. The average molecular weight is 282 g/mol. The molecule has 5 heteroatoms. The van der Waals surface area contributed by atoms with Crippen LogP contribution in [0, 0.1) is 5.92 Å². The van der Waals surface area contributed by atoms with E-state index in [-0.39, 0.29) is 42.0 Å². The molecule has 1 aliphatic heterocycles. The number of nitrogens with one attached hydrogen (secondary N) is 1. The Morgan fingerprint density at radius 3 is 2.45 bits per heavy atom. The molecule has 0 radical (unpaired) electrons. The van der Waals surface area contributed by atoms with Crippen molar-refractivity contribution in [1.82, 2.24) is 10.2 Å². The van der Waals surface area contributed by atoms with Crippen LogP contribution in [0.4, 0.5) is 0 Å². The van der Waals surface area contributed by atoms with Crippen molar-refractivity contribution < 1.29 is 14.3 Å². The maximum Gasteiger partial charge on any atom is 0.246 e. The lowest BCUT2D eigenvalue weighted by Crippen LogP contribution is -2.68. The highest BCUT2D eigenvalue weighted by Crippen LogP contribution is 2.33. The normalized spacial score (nSPS) is 34.1. The predicted molar refractivity (Wildman–Crippen MR) is 76.1 cm³/mol. The van der Waals surface area contributed by atoms with E-state index in [0.717, 1.165) is 12.8 Å². The third-order valence-electron chi connectivity index (χ3n) is 4.38. The summed E-state index contributed by atoms with van der Waals surface area (Å²) in [6, 6.07) is -0.530. The zero-order valence-corrected chi connectivity index (χ0v) is 12.9. The molecule has 0 spiro atoms. The number of carbonyl (C=O) groups is 2. The van der Waals surface area contributed by atoms with Crippen LogP contribution in [0.3, 0.4) is 0 Å². The summed E-state index contributed by atoms with van der Waals surface area (Å²) in [5.74, 6) is 0.187. The fourth-order valence-corrected chi connectivity index (χ4v) is 3.16. The van der Waals surface area contributed by atoms with Gasteiger partial charge in [-0.05, 0) is 32.1 Å². The van der Waals surface area contributed by atoms with Crippen molar-refractivity contribution in [2.24, 2.45) is 5.92 Å². The van der Waals surface area contributed by atoms with E-state index in [4.69, 9.17) is 4.74 Å². The standard InChI is InChI=1S/C15H26N2O3/c1-5-12-14(18)16-13(9(3)4)15(19)17(12)10-7-11(8-10)20-6-2/h9-13H,5-8H2,1-4H3,(H,16,18). The van der Waals surface area contributed by atoms with E-state index >= 15 is 0 Å². The Balaban J connectivity index is 2.10. The second kappa shape index (κ2) is 6.12. The molecule has 0 aromatic rings. The lowest BCUT2D eigenvalue weighted by Gasteiger charge is -2.49. The van der Waals surface area contributed by atoms with Gasteiger partial charge in [-0.1, -0.05) is 20.8 Å². The summed E-state index contributed by atoms with van der Waals surface area (Å²) >= 11 is 0. The van der Waals surface area contributed by atoms with Crippen LogP contribution in [0.5, 0.6) is 0 Å². The topological polar surface area (TPSA) is 58.6 Å². The van der Waals surface area contributed by atoms with Crippen LogP contribution in [-0.4, -0.2) is 47.6 Å². The molecule has 1 aliphatic carbocycles. The molecule has 0 bridgehead atoms. The maximum absolute atomic E-state index is 12.7. The quantitative estimate of drug-likeness (QED) is 0.827. The fourth-order valence-electron chi connectivity index (χ4n) is 3.16. The van der Waals surface area contributed by atoms with Crippen LogP contribution in [0.25, 0.3) is 0 Å². The average Bonchev–Trinajstić information content (AvgIpc) is 2.35. The molecule has 1 saturated heterocycles. The Labute approximate surface area is 121 Å². The number of nitrogens with zero attached hydrogens (tertiary/aromatic N) is 1. The lowest BCUT2D eigenvalue weighted by atomic mass is 9.84. The van der Waals surface area contributed by atoms with Gasteiger partial charge in [0.2, 0.25) is 11.8 Å². The summed E-state index contributed by atoms with van der Waals surface area (Å²) in [7, 11) is 0. The van der Waals surface area contributed by atoms with Crippen molar-refractivity contribution in [3.63, 3.8) is 0 Å². The van der Waals surface area contributed by atoms with Crippen molar-refractivity contribution in [2.75, 3.05) is 6.61 Å². The van der Waals surface area contributed by atoms with Crippen LogP contribution in [0.15, 0.2) is 0 Å². The number of rotatable bonds is 5. The van der Waals surface area contributed by atoms with Gasteiger partial charge in [-0.3, -0.25) is 9.59 Å². The van der Waals surface area contributed by atoms with E-state index in [9.17, 15) is 9.59 Å². The molecule has 2 unspecified atom stereocenters. The highest BCUT2D eigenvalue weighted by molar-refractivity contribution is 5.97. The van der Waals surface area contributed by atoms with Gasteiger partial charge in [-0.15, -0.1) is 0 Å². The van der Waals surface area contributed by atoms with Crippen LogP contribution in [0.2, 0.25) is 0 Å².